The lowest BCUT2D eigenvalue weighted by atomic mass is 9.63. The summed E-state index contributed by atoms with van der Waals surface area (Å²) in [5.74, 6) is -2.22. The van der Waals surface area contributed by atoms with Gasteiger partial charge in [0, 0.05) is 97.7 Å². The van der Waals surface area contributed by atoms with E-state index in [-0.39, 0.29) is 21.7 Å². The number of allylic oxidation sites excluding steroid dienone is 2. The Bertz CT molecular complexity index is 5620. The molecule has 5 aromatic carbocycles. The number of pyridine rings is 4. The summed E-state index contributed by atoms with van der Waals surface area (Å²) in [6.07, 6.45) is 21.8. The first-order valence-corrected chi connectivity index (χ1v) is 40.1. The van der Waals surface area contributed by atoms with E-state index < -0.39 is 49.5 Å². The van der Waals surface area contributed by atoms with Crippen LogP contribution in [-0.2, 0) is 55.3 Å². The number of hydrogen-bond acceptors (Lipinski definition) is 0. The molecule has 5 atom stereocenters. The average molecular weight is 1460 g/mol. The topological polar surface area (TPSA) is 18.5 Å². The highest BCUT2D eigenvalue weighted by molar-refractivity contribution is 6.11. The quantitative estimate of drug-likeness (QED) is 0.117. The predicted molar refractivity (Wildman–Crippen MR) is 456 cm³/mol. The van der Waals surface area contributed by atoms with Gasteiger partial charge in [-0.15, -0.1) is 0 Å². The molecule has 7 aliphatic carbocycles. The maximum atomic E-state index is 9.36. The molecule has 0 spiro atoms. The van der Waals surface area contributed by atoms with Crippen molar-refractivity contribution in [2.24, 2.45) is 45.4 Å². The van der Waals surface area contributed by atoms with Crippen LogP contribution in [-0.4, -0.2) is 24.4 Å². The molecule has 4 heterocycles. The number of nitrogens with zero attached hydrogens (tertiary/aromatic N) is 5. The number of rotatable bonds is 6. The van der Waals surface area contributed by atoms with Gasteiger partial charge in [-0.25, -0.2) is 22.8 Å². The standard InChI is InChI=1S/C22H30N.C21H26N.2C21H28N.C18H24N/c1-15-8-9-17(16(2)12-15)20-13-18-19(14-23(20)7)22(5,6)11-10-21(18,3)4;1-13-6-7-15(14(2)12-13)20-19-16(10-11-22(20)5)17-8-9-18(19)21(17,3)4;1-14-7-8-17(16(3)11-14)20-12-18-15(2)9-10-21(4,5)19(18)13-22(20)6;1-15-9-7-8-10-16(15)19-13-17-18(14-22(19)6)21(4,5)12-11-20(17,2)3;1-12-5-8-16(13(2)9-12)18(19(3)4)17-11-14-6-7-15(17)10-14/h8-9,12-14H,10-11H2,1-7H3;6-7,10-12,17-18H,8-9H2,1-5H3;7-8,11-13,15H,9-10H2,1-6H3;7-10,13-14H,11-12H2,1-6H3;5,8-9,11,14-15H,6-7,10H2,1-4H3/q5*+1/i1D3;1D3,17D,18D;;;1D3,14D,15D. The first kappa shape index (κ1) is 63.8. The Kier molecular flexibility index (Phi) is 17.8. The normalized spacial score (nSPS) is 26.0. The summed E-state index contributed by atoms with van der Waals surface area (Å²) in [6.45, 7) is 36.2. The van der Waals surface area contributed by atoms with Gasteiger partial charge < -0.3 is 0 Å². The van der Waals surface area contributed by atoms with E-state index in [1.165, 1.54) is 106 Å². The summed E-state index contributed by atoms with van der Waals surface area (Å²) in [7, 11) is 12.3. The fraction of sp³-hybridized carbons (Fsp3) is 0.485. The SMILES string of the molecule is Cc1ccc(-c2cc3c(c[n+]2C)C(C)(C)CCC3C)c(C)c1.Cc1ccccc1-c1cc2c(c[n+]1C)C(C)(C)CCC2(C)C.[2H]C([2H])([2H])c1ccc(-c2c3c(cc[n+]2C)C2([2H])CCC3([2H])C2(C)C)c(C)c1.[2H]C([2H])([2H])c1ccc(-c2cc3c(c[n+]2C)C(C)(C)CCC3(C)C)c(C)c1.[2H]C12C=C(C(c3ccc(C([2H])([2H])[2H])cc3C)=[N+](C)C)C([2H])(CC1)C2. The zero-order chi connectivity index (χ0) is 89.6. The Morgan fingerprint density at radius 3 is 1.37 bits per heavy atom. The van der Waals surface area contributed by atoms with Crippen molar-refractivity contribution in [2.45, 2.75) is 268 Å². The lowest BCUT2D eigenvalue weighted by Gasteiger charge is -2.40. The Hall–Kier alpha value is -7.89. The van der Waals surface area contributed by atoms with Gasteiger partial charge in [0.25, 0.3) is 0 Å². The van der Waals surface area contributed by atoms with E-state index in [1.807, 2.05) is 101 Å². The monoisotopic (exact) mass is 1460 g/mol. The van der Waals surface area contributed by atoms with Gasteiger partial charge in [-0.2, -0.15) is 0 Å². The van der Waals surface area contributed by atoms with Gasteiger partial charge in [0.15, 0.2) is 24.8 Å². The van der Waals surface area contributed by atoms with E-state index in [0.717, 1.165) is 73.6 Å². The molecule has 9 aromatic rings. The number of fused-ring (bicyclic) bond motifs is 10. The maximum absolute atomic E-state index is 9.36. The van der Waals surface area contributed by atoms with Gasteiger partial charge >= 0.3 is 0 Å². The molecule has 4 aromatic heterocycles. The summed E-state index contributed by atoms with van der Waals surface area (Å²) in [5, 5.41) is 0. The van der Waals surface area contributed by atoms with Crippen molar-refractivity contribution in [3.8, 4) is 45.0 Å². The second-order valence-corrected chi connectivity index (χ2v) is 37.3. The van der Waals surface area contributed by atoms with Crippen LogP contribution in [0.15, 0.2) is 158 Å². The van der Waals surface area contributed by atoms with Crippen LogP contribution in [0.2, 0.25) is 0 Å². The van der Waals surface area contributed by atoms with Crippen LogP contribution in [0.25, 0.3) is 45.0 Å². The van der Waals surface area contributed by atoms with Gasteiger partial charge in [-0.1, -0.05) is 185 Å². The third-order valence-corrected chi connectivity index (χ3v) is 26.2. The molecule has 2 fully saturated rings. The van der Waals surface area contributed by atoms with Crippen LogP contribution < -0.4 is 18.3 Å². The van der Waals surface area contributed by atoms with Gasteiger partial charge in [-0.05, 0) is 275 Å². The lowest BCUT2D eigenvalue weighted by molar-refractivity contribution is -0.661. The van der Waals surface area contributed by atoms with Crippen LogP contribution in [0.5, 0.6) is 0 Å². The van der Waals surface area contributed by atoms with Gasteiger partial charge in [-0.3, -0.25) is 0 Å². The van der Waals surface area contributed by atoms with E-state index >= 15 is 0 Å². The van der Waals surface area contributed by atoms with Crippen molar-refractivity contribution in [1.29, 1.82) is 0 Å². The van der Waals surface area contributed by atoms with Crippen LogP contribution in [0.4, 0.5) is 0 Å². The fourth-order valence-electron chi connectivity index (χ4n) is 19.1. The first-order valence-electron chi connectivity index (χ1n) is 46.6. The van der Waals surface area contributed by atoms with Crippen molar-refractivity contribution in [1.82, 2.24) is 0 Å². The smallest absolute Gasteiger partial charge is 0.216 e. The minimum atomic E-state index is -2.13. The Morgan fingerprint density at radius 2 is 0.880 bits per heavy atom. The summed E-state index contributed by atoms with van der Waals surface area (Å²) >= 11 is 0. The molecule has 0 amide bonds. The largest absolute Gasteiger partial charge is 0.235 e. The number of hydrogen-bond donors (Lipinski definition) is 0. The molecule has 0 saturated heterocycles. The summed E-state index contributed by atoms with van der Waals surface area (Å²) in [5.41, 5.74) is 31.7. The average Bonchev–Trinajstić information content (AvgIpc) is 1.50. The molecule has 0 N–H and O–H groups in total. The van der Waals surface area contributed by atoms with Crippen molar-refractivity contribution < 1.29 is 40.7 Å². The van der Waals surface area contributed by atoms with Gasteiger partial charge in [0.05, 0.1) is 0 Å². The molecule has 5 unspecified atom stereocenters. The molecule has 5 nitrogen and oxygen atoms in total. The Labute approximate surface area is 673 Å². The first-order chi connectivity index (χ1) is 55.6. The van der Waals surface area contributed by atoms with E-state index in [2.05, 4.69) is 211 Å². The third kappa shape index (κ3) is 15.5. The van der Waals surface area contributed by atoms with E-state index in [4.69, 9.17) is 15.1 Å². The number of aromatic nitrogens is 4. The molecule has 5 heteroatoms. The minimum absolute atomic E-state index is 0.153. The molecule has 16 rings (SSSR count). The lowest BCUT2D eigenvalue weighted by Crippen LogP contribution is -2.40. The molecule has 4 bridgehead atoms. The molecule has 108 heavy (non-hydrogen) atoms. The highest BCUT2D eigenvalue weighted by Gasteiger charge is 2.54. The molecule has 568 valence electrons. The highest BCUT2D eigenvalue weighted by Crippen LogP contribution is 2.65. The van der Waals surface area contributed by atoms with Crippen molar-refractivity contribution in [2.75, 3.05) is 14.1 Å². The van der Waals surface area contributed by atoms with Crippen LogP contribution >= 0.6 is 0 Å². The van der Waals surface area contributed by atoms with Crippen LogP contribution in [0.1, 0.15) is 296 Å². The van der Waals surface area contributed by atoms with Crippen LogP contribution in [0.3, 0.4) is 0 Å². The van der Waals surface area contributed by atoms with E-state index in [9.17, 15) is 2.74 Å². The zero-order valence-corrected chi connectivity index (χ0v) is 70.5. The van der Waals surface area contributed by atoms with Crippen LogP contribution in [0, 0.1) is 79.3 Å². The van der Waals surface area contributed by atoms with Crippen molar-refractivity contribution in [3.63, 3.8) is 0 Å². The second kappa shape index (κ2) is 30.1. The fourth-order valence-corrected chi connectivity index (χ4v) is 19.1. The maximum Gasteiger partial charge on any atom is 0.216 e. The highest BCUT2D eigenvalue weighted by atomic mass is 15.0. The molecule has 0 aliphatic heterocycles. The van der Waals surface area contributed by atoms with Gasteiger partial charge in [0.2, 0.25) is 28.5 Å². The van der Waals surface area contributed by atoms with Crippen molar-refractivity contribution in [3.05, 3.63) is 258 Å². The van der Waals surface area contributed by atoms with Gasteiger partial charge in [0.1, 0.15) is 42.3 Å². The molecular formula is C103H136N5+5. The summed E-state index contributed by atoms with van der Waals surface area (Å²) in [6, 6.07) is 40.6. The summed E-state index contributed by atoms with van der Waals surface area (Å²) in [4.78, 5) is 0. The number of aryl methyl sites for hydroxylation is 13. The third-order valence-electron chi connectivity index (χ3n) is 26.2. The molecular weight excluding hydrogens is 1310 g/mol. The molecule has 7 aliphatic rings. The Morgan fingerprint density at radius 1 is 0.426 bits per heavy atom. The van der Waals surface area contributed by atoms with E-state index in [0.29, 0.717) is 53.7 Å². The number of benzene rings is 5. The zero-order valence-electron chi connectivity index (χ0n) is 83.5. The summed E-state index contributed by atoms with van der Waals surface area (Å²) < 4.78 is 115. The van der Waals surface area contributed by atoms with Crippen molar-refractivity contribution >= 4 is 5.71 Å². The second-order valence-electron chi connectivity index (χ2n) is 37.3. The predicted octanol–water partition coefficient (Wildman–Crippen LogP) is 23.5. The molecule has 0 radical (unpaired) electrons. The minimum Gasteiger partial charge on any atom is -0.235 e. The molecule has 2 saturated carbocycles. The van der Waals surface area contributed by atoms with E-state index in [1.54, 1.807) is 42.0 Å². The Balaban J connectivity index is 0.000000139.